The van der Waals surface area contributed by atoms with E-state index in [0.717, 1.165) is 25.7 Å². The highest BCUT2D eigenvalue weighted by Gasteiger charge is 2.50. The molecule has 0 unspecified atom stereocenters. The highest BCUT2D eigenvalue weighted by atomic mass is 16.5. The molecule has 3 rings (SSSR count). The lowest BCUT2D eigenvalue weighted by atomic mass is 9.55. The summed E-state index contributed by atoms with van der Waals surface area (Å²) in [6.45, 7) is 10.5. The molecule has 0 aromatic carbocycles. The molecular formula is C20H28O3. The molecule has 23 heavy (non-hydrogen) atoms. The van der Waals surface area contributed by atoms with E-state index in [0.29, 0.717) is 17.4 Å². The van der Waals surface area contributed by atoms with Gasteiger partial charge in [-0.1, -0.05) is 19.9 Å². The Morgan fingerprint density at radius 1 is 1.43 bits per heavy atom. The number of aryl methyl sites for hydroxylation is 1. The highest BCUT2D eigenvalue weighted by molar-refractivity contribution is 5.87. The molecule has 1 heterocycles. The maximum absolute atomic E-state index is 12.2. The van der Waals surface area contributed by atoms with Crippen molar-refractivity contribution in [2.24, 2.45) is 17.3 Å². The Morgan fingerprint density at radius 2 is 2.17 bits per heavy atom. The normalized spacial score (nSPS) is 33.8. The molecule has 0 radical (unpaired) electrons. The predicted molar refractivity (Wildman–Crippen MR) is 90.2 cm³/mol. The fourth-order valence-corrected chi connectivity index (χ4v) is 4.43. The predicted octanol–water partition coefficient (Wildman–Crippen LogP) is 4.62. The van der Waals surface area contributed by atoms with Gasteiger partial charge in [-0.25, -0.2) is 4.79 Å². The van der Waals surface area contributed by atoms with Crippen LogP contribution >= 0.6 is 0 Å². The summed E-state index contributed by atoms with van der Waals surface area (Å²) < 4.78 is 11.6. The van der Waals surface area contributed by atoms with E-state index in [2.05, 4.69) is 20.8 Å². The molecule has 4 atom stereocenters. The zero-order chi connectivity index (χ0) is 16.8. The average Bonchev–Trinajstić information content (AvgIpc) is 2.88. The smallest absolute Gasteiger partial charge is 0.333 e. The van der Waals surface area contributed by atoms with Gasteiger partial charge in [-0.05, 0) is 68.4 Å². The number of carbonyl (C=O) groups is 1. The minimum Gasteiger partial charge on any atom is -0.469 e. The Bertz CT molecular complexity index is 639. The molecule has 2 aliphatic carbocycles. The van der Waals surface area contributed by atoms with Gasteiger partial charge in [0.2, 0.25) is 0 Å². The minimum atomic E-state index is -0.164. The Labute approximate surface area is 139 Å². The van der Waals surface area contributed by atoms with Crippen molar-refractivity contribution in [1.82, 2.24) is 0 Å². The third-order valence-corrected chi connectivity index (χ3v) is 6.52. The molecule has 0 aliphatic heterocycles. The van der Waals surface area contributed by atoms with Crippen LogP contribution < -0.4 is 0 Å². The van der Waals surface area contributed by atoms with E-state index in [1.54, 1.807) is 0 Å². The maximum Gasteiger partial charge on any atom is 0.333 e. The minimum absolute atomic E-state index is 0.0207. The number of furan rings is 1. The second kappa shape index (κ2) is 5.85. The summed E-state index contributed by atoms with van der Waals surface area (Å²) in [7, 11) is 0. The molecule has 0 spiro atoms. The Balaban J connectivity index is 1.82. The zero-order valence-corrected chi connectivity index (χ0v) is 14.9. The number of fused-ring (bicyclic) bond motifs is 2. The van der Waals surface area contributed by atoms with Crippen LogP contribution in [-0.4, -0.2) is 12.1 Å². The van der Waals surface area contributed by atoms with E-state index >= 15 is 0 Å². The Morgan fingerprint density at radius 3 is 2.87 bits per heavy atom. The second-order valence-electron chi connectivity index (χ2n) is 7.69. The van der Waals surface area contributed by atoms with Gasteiger partial charge >= 0.3 is 5.97 Å². The molecular weight excluding hydrogens is 288 g/mol. The molecule has 1 aromatic heterocycles. The van der Waals surface area contributed by atoms with Crippen molar-refractivity contribution < 1.29 is 13.9 Å². The fourth-order valence-electron chi connectivity index (χ4n) is 4.43. The fraction of sp³-hybridized carbons (Fsp3) is 0.650. The van der Waals surface area contributed by atoms with E-state index in [1.807, 2.05) is 26.2 Å². The van der Waals surface area contributed by atoms with Gasteiger partial charge in [0.1, 0.15) is 11.9 Å². The molecule has 0 saturated heterocycles. The Hall–Kier alpha value is -1.51. The van der Waals surface area contributed by atoms with Crippen molar-refractivity contribution in [2.45, 2.75) is 66.4 Å². The van der Waals surface area contributed by atoms with Gasteiger partial charge in [0.15, 0.2) is 0 Å². The average molecular weight is 316 g/mol. The van der Waals surface area contributed by atoms with Gasteiger partial charge < -0.3 is 9.15 Å². The third-order valence-electron chi connectivity index (χ3n) is 6.52. The first-order chi connectivity index (χ1) is 10.9. The van der Waals surface area contributed by atoms with Crippen LogP contribution in [0.5, 0.6) is 0 Å². The van der Waals surface area contributed by atoms with Gasteiger partial charge in [-0.15, -0.1) is 0 Å². The summed E-state index contributed by atoms with van der Waals surface area (Å²) in [4.78, 5) is 12.2. The van der Waals surface area contributed by atoms with E-state index in [1.165, 1.54) is 16.9 Å². The molecule has 0 N–H and O–H groups in total. The molecule has 2 aliphatic rings. The number of hydrogen-bond donors (Lipinski definition) is 0. The molecule has 126 valence electrons. The first-order valence-corrected chi connectivity index (χ1v) is 8.76. The summed E-state index contributed by atoms with van der Waals surface area (Å²) in [5.41, 5.74) is 3.51. The lowest BCUT2D eigenvalue weighted by Gasteiger charge is -2.51. The monoisotopic (exact) mass is 316 g/mol. The van der Waals surface area contributed by atoms with Crippen LogP contribution in [0.4, 0.5) is 0 Å². The lowest BCUT2D eigenvalue weighted by molar-refractivity contribution is -0.156. The number of hydrogen-bond acceptors (Lipinski definition) is 3. The van der Waals surface area contributed by atoms with E-state index in [9.17, 15) is 4.79 Å². The van der Waals surface area contributed by atoms with Gasteiger partial charge in [0, 0.05) is 12.0 Å². The third kappa shape index (κ3) is 2.64. The van der Waals surface area contributed by atoms with Gasteiger partial charge in [-0.2, -0.15) is 0 Å². The van der Waals surface area contributed by atoms with Crippen LogP contribution in [0.3, 0.4) is 0 Å². The van der Waals surface area contributed by atoms with Crippen LogP contribution in [0.25, 0.3) is 0 Å². The van der Waals surface area contributed by atoms with Crippen LogP contribution in [0.15, 0.2) is 22.3 Å². The Kier molecular flexibility index (Phi) is 4.16. The summed E-state index contributed by atoms with van der Waals surface area (Å²) in [5.74, 6) is 1.99. The molecule has 0 bridgehead atoms. The molecule has 3 heteroatoms. The van der Waals surface area contributed by atoms with E-state index in [4.69, 9.17) is 9.15 Å². The van der Waals surface area contributed by atoms with Crippen LogP contribution in [-0.2, 0) is 22.4 Å². The number of allylic oxidation sites excluding steroid dienone is 1. The number of esters is 1. The molecule has 1 saturated carbocycles. The van der Waals surface area contributed by atoms with Gasteiger partial charge in [0.25, 0.3) is 0 Å². The van der Waals surface area contributed by atoms with Gasteiger partial charge in [0.05, 0.1) is 6.26 Å². The first kappa shape index (κ1) is 16.4. The van der Waals surface area contributed by atoms with Crippen LogP contribution in [0, 0.1) is 24.2 Å². The van der Waals surface area contributed by atoms with Crippen molar-refractivity contribution in [3.63, 3.8) is 0 Å². The van der Waals surface area contributed by atoms with Crippen molar-refractivity contribution in [1.29, 1.82) is 0 Å². The van der Waals surface area contributed by atoms with Gasteiger partial charge in [-0.3, -0.25) is 0 Å². The topological polar surface area (TPSA) is 39.4 Å². The lowest BCUT2D eigenvalue weighted by Crippen LogP contribution is -2.50. The molecule has 0 amide bonds. The summed E-state index contributed by atoms with van der Waals surface area (Å²) in [6, 6.07) is 0. The number of ether oxygens (including phenoxy) is 1. The van der Waals surface area contributed by atoms with Crippen molar-refractivity contribution in [2.75, 3.05) is 0 Å². The quantitative estimate of drug-likeness (QED) is 0.590. The summed E-state index contributed by atoms with van der Waals surface area (Å²) in [6.07, 6.45) is 7.86. The maximum atomic E-state index is 12.2. The second-order valence-corrected chi connectivity index (χ2v) is 7.69. The largest absolute Gasteiger partial charge is 0.469 e. The van der Waals surface area contributed by atoms with Crippen LogP contribution in [0.2, 0.25) is 0 Å². The number of carbonyl (C=O) groups excluding carboxylic acids is 1. The summed E-state index contributed by atoms with van der Waals surface area (Å²) in [5, 5.41) is 0. The molecule has 1 aromatic rings. The zero-order valence-electron chi connectivity index (χ0n) is 14.9. The first-order valence-electron chi connectivity index (χ1n) is 8.76. The van der Waals surface area contributed by atoms with E-state index < -0.39 is 0 Å². The highest BCUT2D eigenvalue weighted by Crippen LogP contribution is 2.53. The van der Waals surface area contributed by atoms with E-state index in [-0.39, 0.29) is 17.5 Å². The molecule has 1 fully saturated rings. The SMILES string of the molecule is CC=C(C)C(=O)O[C@H]1CC[C@@H]2Cc3occ(C)c3C[C@]2(C)[C@H]1C. The van der Waals surface area contributed by atoms with Crippen LogP contribution in [0.1, 0.15) is 57.4 Å². The van der Waals surface area contributed by atoms with Crippen molar-refractivity contribution in [3.8, 4) is 0 Å². The molecule has 3 nitrogen and oxygen atoms in total. The summed E-state index contributed by atoms with van der Waals surface area (Å²) >= 11 is 0. The van der Waals surface area contributed by atoms with Crippen molar-refractivity contribution in [3.05, 3.63) is 34.8 Å². The number of rotatable bonds is 2. The standard InChI is InChI=1S/C20H28O3/c1-6-12(2)19(21)23-17-8-7-15-9-18-16(13(3)11-22-18)10-20(15,5)14(17)4/h6,11,14-15,17H,7-10H2,1-5H3/t14-,15+,17-,20+/m0/s1. The van der Waals surface area contributed by atoms with Crippen molar-refractivity contribution >= 4 is 5.97 Å².